The van der Waals surface area contributed by atoms with E-state index in [2.05, 4.69) is 5.32 Å². The number of benzene rings is 1. The van der Waals surface area contributed by atoms with Gasteiger partial charge >= 0.3 is 0 Å². The highest BCUT2D eigenvalue weighted by atomic mass is 32.2. The maximum atomic E-state index is 11.7. The molecule has 0 aromatic heterocycles. The highest BCUT2D eigenvalue weighted by Gasteiger charge is 2.14. The molecule has 18 heavy (non-hydrogen) atoms. The van der Waals surface area contributed by atoms with Gasteiger partial charge in [0.15, 0.2) is 0 Å². The number of amides is 1. The number of sulfone groups is 1. The Hall–Kier alpha value is -1.40. The quantitative estimate of drug-likeness (QED) is 0.725. The van der Waals surface area contributed by atoms with Gasteiger partial charge in [0.2, 0.25) is 5.91 Å². The van der Waals surface area contributed by atoms with E-state index in [1.54, 1.807) is 12.1 Å². The molecule has 0 saturated heterocycles. The smallest absolute Gasteiger partial charge is 0.241 e. The van der Waals surface area contributed by atoms with Crippen molar-refractivity contribution < 1.29 is 13.2 Å². The molecule has 3 N–H and O–H groups in total. The van der Waals surface area contributed by atoms with Crippen LogP contribution in [0.15, 0.2) is 30.3 Å². The van der Waals surface area contributed by atoms with Crippen molar-refractivity contribution >= 4 is 15.7 Å². The standard InChI is InChI=1S/C12H18N2O3S/c1-18(16,17)9-5-8-14-12(15)11(13)10-6-3-2-4-7-10/h2-4,6-7,11H,5,8-9,13H2,1H3,(H,14,15)/t11-/m0/s1. The van der Waals surface area contributed by atoms with E-state index in [-0.39, 0.29) is 11.7 Å². The molecule has 0 saturated carbocycles. The van der Waals surface area contributed by atoms with Gasteiger partial charge in [-0.25, -0.2) is 8.42 Å². The van der Waals surface area contributed by atoms with Crippen LogP contribution in [-0.2, 0) is 14.6 Å². The van der Waals surface area contributed by atoms with Crippen molar-refractivity contribution in [3.05, 3.63) is 35.9 Å². The number of carbonyl (C=O) groups excluding carboxylic acids is 1. The molecule has 0 unspecified atom stereocenters. The van der Waals surface area contributed by atoms with Crippen LogP contribution in [-0.4, -0.2) is 32.9 Å². The van der Waals surface area contributed by atoms with Crippen molar-refractivity contribution in [1.82, 2.24) is 5.32 Å². The molecule has 0 heterocycles. The maximum Gasteiger partial charge on any atom is 0.241 e. The van der Waals surface area contributed by atoms with Gasteiger partial charge in [0.25, 0.3) is 0 Å². The minimum absolute atomic E-state index is 0.0633. The molecule has 6 heteroatoms. The monoisotopic (exact) mass is 270 g/mol. The van der Waals surface area contributed by atoms with Crippen LogP contribution < -0.4 is 11.1 Å². The van der Waals surface area contributed by atoms with Gasteiger partial charge in [-0.15, -0.1) is 0 Å². The van der Waals surface area contributed by atoms with E-state index in [1.807, 2.05) is 18.2 Å². The van der Waals surface area contributed by atoms with Gasteiger partial charge in [0.1, 0.15) is 15.9 Å². The van der Waals surface area contributed by atoms with Crippen molar-refractivity contribution in [2.24, 2.45) is 5.73 Å². The van der Waals surface area contributed by atoms with Gasteiger partial charge in [-0.1, -0.05) is 30.3 Å². The molecule has 1 amide bonds. The predicted octanol–water partition coefficient (Wildman–Crippen LogP) is 0.237. The first-order chi connectivity index (χ1) is 8.40. The molecule has 5 nitrogen and oxygen atoms in total. The Morgan fingerprint density at radius 3 is 2.50 bits per heavy atom. The SMILES string of the molecule is CS(=O)(=O)CCCNC(=O)[C@@H](N)c1ccccc1. The minimum atomic E-state index is -2.98. The first kappa shape index (κ1) is 14.7. The normalized spacial score (nSPS) is 13.0. The van der Waals surface area contributed by atoms with Crippen LogP contribution in [0.25, 0.3) is 0 Å². The summed E-state index contributed by atoms with van der Waals surface area (Å²) >= 11 is 0. The van der Waals surface area contributed by atoms with E-state index in [1.165, 1.54) is 6.26 Å². The van der Waals surface area contributed by atoms with E-state index in [0.29, 0.717) is 13.0 Å². The van der Waals surface area contributed by atoms with Gasteiger partial charge < -0.3 is 11.1 Å². The number of hydrogen-bond donors (Lipinski definition) is 2. The molecule has 1 atom stereocenters. The van der Waals surface area contributed by atoms with Gasteiger partial charge in [-0.3, -0.25) is 4.79 Å². The molecule has 0 aliphatic heterocycles. The maximum absolute atomic E-state index is 11.7. The number of carbonyl (C=O) groups is 1. The second-order valence-electron chi connectivity index (χ2n) is 4.16. The zero-order valence-electron chi connectivity index (χ0n) is 10.3. The van der Waals surface area contributed by atoms with E-state index in [4.69, 9.17) is 5.73 Å². The third-order valence-electron chi connectivity index (χ3n) is 2.43. The molecular formula is C12H18N2O3S. The zero-order chi connectivity index (χ0) is 13.6. The first-order valence-corrected chi connectivity index (χ1v) is 7.72. The molecule has 0 radical (unpaired) electrons. The van der Waals surface area contributed by atoms with Crippen LogP contribution >= 0.6 is 0 Å². The average Bonchev–Trinajstić information content (AvgIpc) is 2.33. The van der Waals surface area contributed by atoms with Gasteiger partial charge in [-0.05, 0) is 12.0 Å². The molecule has 1 aromatic carbocycles. The summed E-state index contributed by atoms with van der Waals surface area (Å²) in [5, 5.41) is 2.63. The Labute approximate surface area is 107 Å². The van der Waals surface area contributed by atoms with Crippen molar-refractivity contribution in [3.63, 3.8) is 0 Å². The topological polar surface area (TPSA) is 89.3 Å². The fourth-order valence-corrected chi connectivity index (χ4v) is 2.14. The molecule has 100 valence electrons. The van der Waals surface area contributed by atoms with Crippen molar-refractivity contribution in [1.29, 1.82) is 0 Å². The highest BCUT2D eigenvalue weighted by Crippen LogP contribution is 2.08. The number of hydrogen-bond acceptors (Lipinski definition) is 4. The second-order valence-corrected chi connectivity index (χ2v) is 6.42. The molecule has 0 fully saturated rings. The molecule has 0 aliphatic rings. The van der Waals surface area contributed by atoms with Gasteiger partial charge in [-0.2, -0.15) is 0 Å². The van der Waals surface area contributed by atoms with Crippen molar-refractivity contribution in [2.45, 2.75) is 12.5 Å². The minimum Gasteiger partial charge on any atom is -0.354 e. The lowest BCUT2D eigenvalue weighted by molar-refractivity contribution is -0.122. The van der Waals surface area contributed by atoms with E-state index >= 15 is 0 Å². The van der Waals surface area contributed by atoms with Gasteiger partial charge in [0, 0.05) is 12.8 Å². The Morgan fingerprint density at radius 1 is 1.33 bits per heavy atom. The predicted molar refractivity (Wildman–Crippen MR) is 70.7 cm³/mol. The first-order valence-electron chi connectivity index (χ1n) is 5.66. The lowest BCUT2D eigenvalue weighted by atomic mass is 10.1. The third-order valence-corrected chi connectivity index (χ3v) is 3.46. The Morgan fingerprint density at radius 2 is 1.94 bits per heavy atom. The summed E-state index contributed by atoms with van der Waals surface area (Å²) in [6, 6.07) is 8.31. The fourth-order valence-electron chi connectivity index (χ4n) is 1.47. The molecule has 0 bridgehead atoms. The lowest BCUT2D eigenvalue weighted by Gasteiger charge is -2.12. The molecule has 0 aliphatic carbocycles. The fraction of sp³-hybridized carbons (Fsp3) is 0.417. The molecular weight excluding hydrogens is 252 g/mol. The van der Waals surface area contributed by atoms with E-state index < -0.39 is 15.9 Å². The van der Waals surface area contributed by atoms with Crippen LogP contribution in [0.3, 0.4) is 0 Å². The summed E-state index contributed by atoms with van der Waals surface area (Å²) in [7, 11) is -2.98. The Balaban J connectivity index is 2.38. The number of rotatable bonds is 6. The average molecular weight is 270 g/mol. The Kier molecular flexibility index (Phi) is 5.30. The van der Waals surface area contributed by atoms with Crippen LogP contribution in [0.5, 0.6) is 0 Å². The van der Waals surface area contributed by atoms with Crippen molar-refractivity contribution in [2.75, 3.05) is 18.6 Å². The molecule has 1 aromatic rings. The van der Waals surface area contributed by atoms with Crippen LogP contribution in [0, 0.1) is 0 Å². The lowest BCUT2D eigenvalue weighted by Crippen LogP contribution is -2.35. The van der Waals surface area contributed by atoms with Gasteiger partial charge in [0.05, 0.1) is 5.75 Å². The summed E-state index contributed by atoms with van der Waals surface area (Å²) in [5.74, 6) is -0.233. The number of nitrogens with one attached hydrogen (secondary N) is 1. The summed E-state index contributed by atoms with van der Waals surface area (Å²) < 4.78 is 21.8. The zero-order valence-corrected chi connectivity index (χ0v) is 11.1. The number of nitrogens with two attached hydrogens (primary N) is 1. The van der Waals surface area contributed by atoms with E-state index in [9.17, 15) is 13.2 Å². The van der Waals surface area contributed by atoms with Crippen molar-refractivity contribution in [3.8, 4) is 0 Å². The highest BCUT2D eigenvalue weighted by molar-refractivity contribution is 7.90. The second kappa shape index (κ2) is 6.51. The summed E-state index contributed by atoms with van der Waals surface area (Å²) in [6.07, 6.45) is 1.57. The summed E-state index contributed by atoms with van der Waals surface area (Å²) in [6.45, 7) is 0.312. The largest absolute Gasteiger partial charge is 0.354 e. The van der Waals surface area contributed by atoms with Crippen LogP contribution in [0.1, 0.15) is 18.0 Å². The molecule has 1 rings (SSSR count). The van der Waals surface area contributed by atoms with Crippen LogP contribution in [0.4, 0.5) is 0 Å². The summed E-state index contributed by atoms with van der Waals surface area (Å²) in [5.41, 5.74) is 6.51. The summed E-state index contributed by atoms with van der Waals surface area (Å²) in [4.78, 5) is 11.7. The molecule has 0 spiro atoms. The van der Waals surface area contributed by atoms with Crippen LogP contribution in [0.2, 0.25) is 0 Å². The Bertz CT molecular complexity index is 485. The third kappa shape index (κ3) is 5.29. The van der Waals surface area contributed by atoms with E-state index in [0.717, 1.165) is 5.56 Å².